The minimum atomic E-state index is 0.480. The smallest absolute Gasteiger partial charge is 0.133 e. The van der Waals surface area contributed by atoms with E-state index in [0.717, 1.165) is 11.4 Å². The van der Waals surface area contributed by atoms with E-state index in [0.29, 0.717) is 29.9 Å². The van der Waals surface area contributed by atoms with Crippen molar-refractivity contribution >= 4 is 11.6 Å². The highest BCUT2D eigenvalue weighted by molar-refractivity contribution is 6.29. The van der Waals surface area contributed by atoms with E-state index in [9.17, 15) is 0 Å². The van der Waals surface area contributed by atoms with Gasteiger partial charge < -0.3 is 4.74 Å². The van der Waals surface area contributed by atoms with Gasteiger partial charge in [0.1, 0.15) is 16.7 Å². The fourth-order valence-corrected chi connectivity index (χ4v) is 2.17. The molecule has 0 unspecified atom stereocenters. The number of nitrogens with zero attached hydrogens (tertiary/aromatic N) is 2. The van der Waals surface area contributed by atoms with E-state index in [1.807, 2.05) is 19.1 Å². The fraction of sp³-hybridized carbons (Fsp3) is 0.375. The number of aromatic nitrogens is 2. The molecule has 1 aromatic carbocycles. The molecule has 106 valence electrons. The lowest BCUT2D eigenvalue weighted by Gasteiger charge is -2.09. The highest BCUT2D eigenvalue weighted by Crippen LogP contribution is 2.18. The lowest BCUT2D eigenvalue weighted by atomic mass is 10.0. The van der Waals surface area contributed by atoms with Crippen LogP contribution in [0, 0.1) is 6.92 Å². The van der Waals surface area contributed by atoms with Crippen molar-refractivity contribution in [2.45, 2.75) is 33.1 Å². The van der Waals surface area contributed by atoms with E-state index in [-0.39, 0.29) is 0 Å². The van der Waals surface area contributed by atoms with Crippen molar-refractivity contribution < 1.29 is 4.74 Å². The van der Waals surface area contributed by atoms with Crippen LogP contribution in [-0.2, 0) is 6.42 Å². The van der Waals surface area contributed by atoms with Gasteiger partial charge in [-0.25, -0.2) is 9.97 Å². The van der Waals surface area contributed by atoms with Crippen LogP contribution in [0.2, 0.25) is 5.15 Å². The van der Waals surface area contributed by atoms with Gasteiger partial charge in [0.05, 0.1) is 6.61 Å². The summed E-state index contributed by atoms with van der Waals surface area (Å²) in [5.41, 5.74) is 2.19. The third-order valence-corrected chi connectivity index (χ3v) is 3.20. The molecule has 1 heterocycles. The molecule has 0 aliphatic heterocycles. The molecule has 4 heteroatoms. The Labute approximate surface area is 125 Å². The Balaban J connectivity index is 1.89. The topological polar surface area (TPSA) is 35.0 Å². The maximum Gasteiger partial charge on any atom is 0.133 e. The lowest BCUT2D eigenvalue weighted by Crippen LogP contribution is -2.06. The lowest BCUT2D eigenvalue weighted by molar-refractivity contribution is 0.318. The Hall–Kier alpha value is -1.61. The first-order chi connectivity index (χ1) is 9.54. The fourth-order valence-electron chi connectivity index (χ4n) is 1.91. The van der Waals surface area contributed by atoms with Gasteiger partial charge in [-0.15, -0.1) is 0 Å². The van der Waals surface area contributed by atoms with E-state index < -0.39 is 0 Å². The van der Waals surface area contributed by atoms with Gasteiger partial charge in [-0.3, -0.25) is 0 Å². The second-order valence-electron chi connectivity index (χ2n) is 5.07. The van der Waals surface area contributed by atoms with Gasteiger partial charge in [0.25, 0.3) is 0 Å². The Kier molecular flexibility index (Phi) is 4.96. The standard InChI is InChI=1S/C16H19ClN2O/c1-11(2)13-4-6-14(7-5-13)20-9-8-16-18-12(3)10-15(17)19-16/h4-7,10-11H,8-9H2,1-3H3. The van der Waals surface area contributed by atoms with Crippen LogP contribution in [0.15, 0.2) is 30.3 Å². The van der Waals surface area contributed by atoms with Crippen LogP contribution in [-0.4, -0.2) is 16.6 Å². The summed E-state index contributed by atoms with van der Waals surface area (Å²) < 4.78 is 5.70. The number of benzene rings is 1. The van der Waals surface area contributed by atoms with E-state index >= 15 is 0 Å². The predicted molar refractivity (Wildman–Crippen MR) is 81.5 cm³/mol. The van der Waals surface area contributed by atoms with Crippen molar-refractivity contribution in [3.05, 3.63) is 52.6 Å². The summed E-state index contributed by atoms with van der Waals surface area (Å²) >= 11 is 5.90. The molecular formula is C16H19ClN2O. The van der Waals surface area contributed by atoms with Crippen molar-refractivity contribution in [2.24, 2.45) is 0 Å². The first kappa shape index (κ1) is 14.8. The zero-order chi connectivity index (χ0) is 14.5. The molecule has 0 N–H and O–H groups in total. The number of hydrogen-bond acceptors (Lipinski definition) is 3. The average molecular weight is 291 g/mol. The highest BCUT2D eigenvalue weighted by atomic mass is 35.5. The minimum Gasteiger partial charge on any atom is -0.493 e. The third kappa shape index (κ3) is 4.20. The van der Waals surface area contributed by atoms with Crippen molar-refractivity contribution in [1.29, 1.82) is 0 Å². The quantitative estimate of drug-likeness (QED) is 0.775. The summed E-state index contributed by atoms with van der Waals surface area (Å²) in [5.74, 6) is 2.12. The molecule has 1 aromatic heterocycles. The van der Waals surface area contributed by atoms with Crippen molar-refractivity contribution in [1.82, 2.24) is 9.97 Å². The summed E-state index contributed by atoms with van der Waals surface area (Å²) in [4.78, 5) is 8.50. The Bertz CT molecular complexity index is 547. The SMILES string of the molecule is Cc1cc(Cl)nc(CCOc2ccc(C(C)C)cc2)n1. The predicted octanol–water partition coefficient (Wildman–Crippen LogP) is 4.18. The molecule has 3 nitrogen and oxygen atoms in total. The van der Waals surface area contributed by atoms with Crippen LogP contribution >= 0.6 is 11.6 Å². The first-order valence-corrected chi connectivity index (χ1v) is 7.15. The second-order valence-corrected chi connectivity index (χ2v) is 5.46. The van der Waals surface area contributed by atoms with E-state index in [4.69, 9.17) is 16.3 Å². The summed E-state index contributed by atoms with van der Waals surface area (Å²) in [6.45, 7) is 6.80. The molecule has 0 aliphatic carbocycles. The van der Waals surface area contributed by atoms with Gasteiger partial charge in [0.15, 0.2) is 0 Å². The minimum absolute atomic E-state index is 0.480. The summed E-state index contributed by atoms with van der Waals surface area (Å²) in [5, 5.41) is 0.480. The zero-order valence-electron chi connectivity index (χ0n) is 12.1. The molecule has 2 rings (SSSR count). The van der Waals surface area contributed by atoms with E-state index in [2.05, 4.69) is 35.9 Å². The molecule has 0 amide bonds. The van der Waals surface area contributed by atoms with Crippen molar-refractivity contribution in [2.75, 3.05) is 6.61 Å². The van der Waals surface area contributed by atoms with Gasteiger partial charge >= 0.3 is 0 Å². The van der Waals surface area contributed by atoms with Crippen molar-refractivity contribution in [3.8, 4) is 5.75 Å². The van der Waals surface area contributed by atoms with Gasteiger partial charge in [-0.05, 0) is 36.6 Å². The van der Waals surface area contributed by atoms with Crippen LogP contribution in [0.1, 0.15) is 36.8 Å². The number of rotatable bonds is 5. The third-order valence-electron chi connectivity index (χ3n) is 3.01. The van der Waals surface area contributed by atoms with Crippen LogP contribution in [0.4, 0.5) is 0 Å². The molecule has 0 spiro atoms. The monoisotopic (exact) mass is 290 g/mol. The highest BCUT2D eigenvalue weighted by Gasteiger charge is 2.03. The number of aryl methyl sites for hydroxylation is 1. The number of ether oxygens (including phenoxy) is 1. The summed E-state index contributed by atoms with van der Waals surface area (Å²) in [6.07, 6.45) is 0.646. The largest absolute Gasteiger partial charge is 0.493 e. The number of hydrogen-bond donors (Lipinski definition) is 0. The molecule has 0 saturated heterocycles. The van der Waals surface area contributed by atoms with Crippen molar-refractivity contribution in [3.63, 3.8) is 0 Å². The molecule has 0 aliphatic rings. The molecule has 0 atom stereocenters. The maximum atomic E-state index is 5.90. The van der Waals surface area contributed by atoms with Gasteiger partial charge in [0.2, 0.25) is 0 Å². The van der Waals surface area contributed by atoms with Crippen LogP contribution in [0.25, 0.3) is 0 Å². The summed E-state index contributed by atoms with van der Waals surface area (Å²) in [6, 6.07) is 9.94. The molecule has 0 bridgehead atoms. The first-order valence-electron chi connectivity index (χ1n) is 6.77. The zero-order valence-corrected chi connectivity index (χ0v) is 12.8. The Morgan fingerprint density at radius 2 is 1.85 bits per heavy atom. The molecule has 0 fully saturated rings. The normalized spacial score (nSPS) is 10.8. The summed E-state index contributed by atoms with van der Waals surface area (Å²) in [7, 11) is 0. The average Bonchev–Trinajstić information content (AvgIpc) is 2.38. The van der Waals surface area contributed by atoms with Gasteiger partial charge in [-0.2, -0.15) is 0 Å². The van der Waals surface area contributed by atoms with E-state index in [1.165, 1.54) is 5.56 Å². The molecule has 0 saturated carbocycles. The van der Waals surface area contributed by atoms with E-state index in [1.54, 1.807) is 6.07 Å². The maximum absolute atomic E-state index is 5.90. The Morgan fingerprint density at radius 3 is 2.45 bits per heavy atom. The Morgan fingerprint density at radius 1 is 1.15 bits per heavy atom. The van der Waals surface area contributed by atoms with Gasteiger partial charge in [-0.1, -0.05) is 37.6 Å². The van der Waals surface area contributed by atoms with Crippen LogP contribution < -0.4 is 4.74 Å². The van der Waals surface area contributed by atoms with Crippen LogP contribution in [0.3, 0.4) is 0 Å². The molecule has 2 aromatic rings. The molecular weight excluding hydrogens is 272 g/mol. The van der Waals surface area contributed by atoms with Gasteiger partial charge in [0, 0.05) is 12.1 Å². The van der Waals surface area contributed by atoms with Crippen LogP contribution in [0.5, 0.6) is 5.75 Å². The number of halogens is 1. The molecule has 0 radical (unpaired) electrons. The molecule has 20 heavy (non-hydrogen) atoms. The second kappa shape index (κ2) is 6.71.